The Hall–Kier alpha value is -2.45. The Morgan fingerprint density at radius 1 is 1.30 bits per heavy atom. The molecule has 0 fully saturated rings. The van der Waals surface area contributed by atoms with Crippen LogP contribution in [0.4, 0.5) is 24.5 Å². The minimum absolute atomic E-state index is 0.00574. The van der Waals surface area contributed by atoms with Crippen LogP contribution in [-0.2, 0) is 4.79 Å². The first-order valence-corrected chi connectivity index (χ1v) is 6.72. The SMILES string of the molecule is COc1ccc(C(=O)C(C)CC(=O)O)c2c1NC(C(F)(F)F)N2. The normalized spacial score (nSPS) is 17.7. The van der Waals surface area contributed by atoms with Crippen molar-refractivity contribution in [3.63, 3.8) is 0 Å². The largest absolute Gasteiger partial charge is 0.495 e. The van der Waals surface area contributed by atoms with Crippen LogP contribution < -0.4 is 15.4 Å². The van der Waals surface area contributed by atoms with E-state index in [2.05, 4.69) is 10.6 Å². The molecule has 1 heterocycles. The van der Waals surface area contributed by atoms with E-state index in [1.165, 1.54) is 26.2 Å². The van der Waals surface area contributed by atoms with Crippen LogP contribution in [0.5, 0.6) is 5.75 Å². The number of aliphatic carboxylic acids is 1. The van der Waals surface area contributed by atoms with Crippen LogP contribution in [0.2, 0.25) is 0 Å². The van der Waals surface area contributed by atoms with Crippen molar-refractivity contribution in [2.75, 3.05) is 17.7 Å². The number of rotatable bonds is 5. The first-order valence-electron chi connectivity index (χ1n) is 6.72. The third-order valence-corrected chi connectivity index (χ3v) is 3.49. The van der Waals surface area contributed by atoms with E-state index in [-0.39, 0.29) is 22.7 Å². The van der Waals surface area contributed by atoms with E-state index in [4.69, 9.17) is 9.84 Å². The summed E-state index contributed by atoms with van der Waals surface area (Å²) in [6.45, 7) is 1.41. The fraction of sp³-hybridized carbons (Fsp3) is 0.429. The predicted octanol–water partition coefficient (Wildman–Crippen LogP) is 2.71. The van der Waals surface area contributed by atoms with Crippen molar-refractivity contribution < 1.29 is 32.6 Å². The van der Waals surface area contributed by atoms with E-state index in [1.807, 2.05) is 0 Å². The van der Waals surface area contributed by atoms with Gasteiger partial charge in [-0.2, -0.15) is 13.2 Å². The summed E-state index contributed by atoms with van der Waals surface area (Å²) in [5.41, 5.74) is -0.00841. The number of carboxylic acids is 1. The van der Waals surface area contributed by atoms with E-state index in [0.717, 1.165) is 0 Å². The minimum Gasteiger partial charge on any atom is -0.495 e. The molecule has 0 bridgehead atoms. The molecule has 1 aliphatic heterocycles. The van der Waals surface area contributed by atoms with Crippen molar-refractivity contribution in [2.45, 2.75) is 25.7 Å². The van der Waals surface area contributed by atoms with Crippen molar-refractivity contribution >= 4 is 23.1 Å². The minimum atomic E-state index is -4.57. The third-order valence-electron chi connectivity index (χ3n) is 3.49. The van der Waals surface area contributed by atoms with E-state index >= 15 is 0 Å². The van der Waals surface area contributed by atoms with Gasteiger partial charge in [0.1, 0.15) is 11.4 Å². The summed E-state index contributed by atoms with van der Waals surface area (Å²) in [5.74, 6) is -2.42. The van der Waals surface area contributed by atoms with Crippen LogP contribution >= 0.6 is 0 Å². The van der Waals surface area contributed by atoms with Crippen LogP contribution in [0.15, 0.2) is 12.1 Å². The van der Waals surface area contributed by atoms with Crippen molar-refractivity contribution in [1.29, 1.82) is 0 Å². The first-order chi connectivity index (χ1) is 10.6. The van der Waals surface area contributed by atoms with Gasteiger partial charge in [-0.1, -0.05) is 6.92 Å². The van der Waals surface area contributed by atoms with Gasteiger partial charge in [0, 0.05) is 11.5 Å². The Kier molecular flexibility index (Phi) is 4.39. The molecular formula is C14H15F3N2O4. The fourth-order valence-corrected chi connectivity index (χ4v) is 2.36. The van der Waals surface area contributed by atoms with E-state index < -0.39 is 36.4 Å². The summed E-state index contributed by atoms with van der Waals surface area (Å²) in [6, 6.07) is 2.69. The molecule has 126 valence electrons. The van der Waals surface area contributed by atoms with Gasteiger partial charge in [0.05, 0.1) is 19.2 Å². The highest BCUT2D eigenvalue weighted by molar-refractivity contribution is 6.07. The molecule has 0 spiro atoms. The molecular weight excluding hydrogens is 317 g/mol. The van der Waals surface area contributed by atoms with E-state index in [0.29, 0.717) is 0 Å². The highest BCUT2D eigenvalue weighted by atomic mass is 19.4. The van der Waals surface area contributed by atoms with Crippen LogP contribution in [0, 0.1) is 5.92 Å². The van der Waals surface area contributed by atoms with Gasteiger partial charge in [0.15, 0.2) is 11.9 Å². The molecule has 2 atom stereocenters. The van der Waals surface area contributed by atoms with Gasteiger partial charge < -0.3 is 20.5 Å². The zero-order valence-electron chi connectivity index (χ0n) is 12.3. The summed E-state index contributed by atoms with van der Waals surface area (Å²) in [7, 11) is 1.30. The quantitative estimate of drug-likeness (QED) is 0.719. The second-order valence-corrected chi connectivity index (χ2v) is 5.19. The van der Waals surface area contributed by atoms with E-state index in [1.54, 1.807) is 0 Å². The topological polar surface area (TPSA) is 87.7 Å². The second kappa shape index (κ2) is 5.98. The molecule has 2 unspecified atom stereocenters. The molecule has 0 saturated carbocycles. The molecule has 1 aromatic carbocycles. The number of carbonyl (C=O) groups is 2. The lowest BCUT2D eigenvalue weighted by molar-refractivity contribution is -0.137. The number of anilines is 2. The highest BCUT2D eigenvalue weighted by Crippen LogP contribution is 2.44. The van der Waals surface area contributed by atoms with Crippen molar-refractivity contribution in [2.24, 2.45) is 5.92 Å². The number of ketones is 1. The molecule has 0 amide bonds. The lowest BCUT2D eigenvalue weighted by Crippen LogP contribution is -2.38. The summed E-state index contributed by atoms with van der Waals surface area (Å²) in [6.07, 6.45) is -7.03. The number of methoxy groups -OCH3 is 1. The number of hydrogen-bond acceptors (Lipinski definition) is 5. The lowest BCUT2D eigenvalue weighted by atomic mass is 9.94. The molecule has 9 heteroatoms. The van der Waals surface area contributed by atoms with Gasteiger partial charge in [-0.25, -0.2) is 0 Å². The number of carbonyl (C=O) groups excluding carboxylic acids is 1. The van der Waals surface area contributed by atoms with Gasteiger partial charge in [0.25, 0.3) is 0 Å². The lowest BCUT2D eigenvalue weighted by Gasteiger charge is -2.16. The first kappa shape index (κ1) is 16.9. The molecule has 1 aliphatic rings. The van der Waals surface area contributed by atoms with Crippen molar-refractivity contribution in [3.8, 4) is 5.75 Å². The third kappa shape index (κ3) is 3.33. The van der Waals surface area contributed by atoms with Gasteiger partial charge in [-0.05, 0) is 12.1 Å². The molecule has 0 aliphatic carbocycles. The number of hydrogen-bond donors (Lipinski definition) is 3. The molecule has 6 nitrogen and oxygen atoms in total. The average molecular weight is 332 g/mol. The van der Waals surface area contributed by atoms with Gasteiger partial charge in [-0.15, -0.1) is 0 Å². The molecule has 0 aromatic heterocycles. The zero-order valence-corrected chi connectivity index (χ0v) is 12.3. The maximum atomic E-state index is 12.9. The predicted molar refractivity (Wildman–Crippen MR) is 75.8 cm³/mol. The number of nitrogens with one attached hydrogen (secondary N) is 2. The maximum absolute atomic E-state index is 12.9. The molecule has 0 saturated heterocycles. The summed E-state index contributed by atoms with van der Waals surface area (Å²) < 4.78 is 43.7. The Bertz CT molecular complexity index is 646. The molecule has 0 radical (unpaired) electrons. The molecule has 2 rings (SSSR count). The van der Waals surface area contributed by atoms with Gasteiger partial charge in [-0.3, -0.25) is 9.59 Å². The standard InChI is InChI=1S/C14H15F3N2O4/c1-6(5-9(20)21)12(22)7-3-4-8(23-2)11-10(7)18-13(19-11)14(15,16)17/h3-4,6,13,18-19H,5H2,1-2H3,(H,20,21). The molecule has 3 N–H and O–H groups in total. The fourth-order valence-electron chi connectivity index (χ4n) is 2.36. The molecule has 23 heavy (non-hydrogen) atoms. The number of carboxylic acid groups (broad SMARTS) is 1. The monoisotopic (exact) mass is 332 g/mol. The Morgan fingerprint density at radius 2 is 1.91 bits per heavy atom. The van der Waals surface area contributed by atoms with Gasteiger partial charge >= 0.3 is 12.1 Å². The average Bonchev–Trinajstić information content (AvgIpc) is 2.89. The summed E-state index contributed by atoms with van der Waals surface area (Å²) in [4.78, 5) is 23.1. The van der Waals surface area contributed by atoms with Crippen LogP contribution in [0.3, 0.4) is 0 Å². The van der Waals surface area contributed by atoms with Gasteiger partial charge in [0.2, 0.25) is 0 Å². The Morgan fingerprint density at radius 3 is 2.43 bits per heavy atom. The van der Waals surface area contributed by atoms with Crippen molar-refractivity contribution in [1.82, 2.24) is 0 Å². The highest BCUT2D eigenvalue weighted by Gasteiger charge is 2.45. The number of alkyl halides is 3. The summed E-state index contributed by atoms with van der Waals surface area (Å²) in [5, 5.41) is 13.2. The number of benzene rings is 1. The zero-order chi connectivity index (χ0) is 17.4. The summed E-state index contributed by atoms with van der Waals surface area (Å²) >= 11 is 0. The number of halogens is 3. The maximum Gasteiger partial charge on any atom is 0.427 e. The van der Waals surface area contributed by atoms with E-state index in [9.17, 15) is 22.8 Å². The van der Waals surface area contributed by atoms with Crippen molar-refractivity contribution in [3.05, 3.63) is 17.7 Å². The smallest absolute Gasteiger partial charge is 0.427 e. The van der Waals surface area contributed by atoms with Crippen LogP contribution in [-0.4, -0.2) is 36.3 Å². The number of fused-ring (bicyclic) bond motifs is 1. The Balaban J connectivity index is 2.40. The number of Topliss-reactive ketones (excluding diaryl/α,β-unsaturated/α-hetero) is 1. The number of ether oxygens (including phenoxy) is 1. The Labute approximate surface area is 129 Å². The van der Waals surface area contributed by atoms with Crippen LogP contribution in [0.1, 0.15) is 23.7 Å². The second-order valence-electron chi connectivity index (χ2n) is 5.19. The van der Waals surface area contributed by atoms with Crippen LogP contribution in [0.25, 0.3) is 0 Å². The molecule has 1 aromatic rings.